The molecule has 0 radical (unpaired) electrons. The van der Waals surface area contributed by atoms with E-state index >= 15 is 0 Å². The van der Waals surface area contributed by atoms with Crippen molar-refractivity contribution in [1.29, 1.82) is 0 Å². The van der Waals surface area contributed by atoms with Crippen molar-refractivity contribution in [2.75, 3.05) is 34.4 Å². The predicted molar refractivity (Wildman–Crippen MR) is 198 cm³/mol. The number of benzene rings is 2. The number of nitrogens with zero attached hydrogens (tertiary/aromatic N) is 2. The van der Waals surface area contributed by atoms with E-state index in [1.807, 2.05) is 6.07 Å². The van der Waals surface area contributed by atoms with Crippen molar-refractivity contribution in [3.8, 4) is 28.7 Å². The van der Waals surface area contributed by atoms with Crippen LogP contribution < -0.4 is 29.8 Å². The van der Waals surface area contributed by atoms with Crippen LogP contribution in [0.15, 0.2) is 58.6 Å². The molecule has 6 unspecified atom stereocenters. The Morgan fingerprint density at radius 1 is 1.00 bits per heavy atom. The second-order valence-corrected chi connectivity index (χ2v) is 15.1. The van der Waals surface area contributed by atoms with Crippen LogP contribution in [0.2, 0.25) is 5.02 Å². The van der Waals surface area contributed by atoms with Gasteiger partial charge in [0.1, 0.15) is 28.1 Å². The standard InChI is InChI=1S/C40H42ClN3O11/c1-19-11-27(46)33(37(49)40(19)38(50)34-29(53-4)15-30(54-5)35(41)36(34)55-40)24(22-9-10-26(45)28(13-22)52-3)14-31(47)42-20(2)39(51)43-16-21-12-23(18-43)25-7-6-8-32(48)44(25)17-21/h6-10,13,15,19-21,23-24,45,49H,11-12,14,16-18H2,1-5H3,(H,42,47). The predicted octanol–water partition coefficient (Wildman–Crippen LogP) is 4.29. The number of hydrogen-bond donors (Lipinski definition) is 3. The summed E-state index contributed by atoms with van der Waals surface area (Å²) in [4.78, 5) is 70.4. The average Bonchev–Trinajstić information content (AvgIpc) is 3.48. The van der Waals surface area contributed by atoms with Crippen LogP contribution in [0.4, 0.5) is 0 Å². The SMILES string of the molecule is COc1cc(C(CC(=O)NC(C)C(=O)N2CC3CC(C2)c2cccc(=O)n2C3)C2=C(O)C3(Oc4c(Cl)c(OC)cc(OC)c4C3=O)C(C)CC2=O)ccc1O. The zero-order valence-electron chi connectivity index (χ0n) is 31.0. The monoisotopic (exact) mass is 775 g/mol. The van der Waals surface area contributed by atoms with Crippen molar-refractivity contribution in [2.24, 2.45) is 11.8 Å². The van der Waals surface area contributed by atoms with Gasteiger partial charge in [-0.05, 0) is 43.0 Å². The first-order chi connectivity index (χ1) is 26.2. The Morgan fingerprint density at radius 2 is 1.73 bits per heavy atom. The number of piperidine rings is 1. The number of Topliss-reactive ketones (excluding diaryl/α,β-unsaturated/α-hetero) is 2. The number of methoxy groups -OCH3 is 3. The molecule has 6 atom stereocenters. The number of rotatable bonds is 9. The topological polar surface area (TPSA) is 183 Å². The number of carbonyl (C=O) groups excluding carboxylic acids is 4. The third-order valence-corrected chi connectivity index (χ3v) is 11.8. The van der Waals surface area contributed by atoms with Crippen LogP contribution in [0.3, 0.4) is 0 Å². The molecule has 55 heavy (non-hydrogen) atoms. The number of hydrogen-bond acceptors (Lipinski definition) is 11. The Bertz CT molecular complexity index is 2220. The number of aromatic nitrogens is 1. The van der Waals surface area contributed by atoms with E-state index in [0.717, 1.165) is 12.1 Å². The lowest BCUT2D eigenvalue weighted by Crippen LogP contribution is -2.54. The molecule has 1 fully saturated rings. The van der Waals surface area contributed by atoms with E-state index in [1.165, 1.54) is 51.7 Å². The fraction of sp³-hybridized carbons (Fsp3) is 0.425. The minimum absolute atomic E-state index is 0.0216. The highest BCUT2D eigenvalue weighted by Gasteiger charge is 2.61. The van der Waals surface area contributed by atoms with Crippen LogP contribution in [-0.2, 0) is 20.9 Å². The van der Waals surface area contributed by atoms with Gasteiger partial charge in [0.25, 0.3) is 5.56 Å². The van der Waals surface area contributed by atoms with E-state index in [2.05, 4.69) is 5.32 Å². The van der Waals surface area contributed by atoms with Gasteiger partial charge in [-0.25, -0.2) is 0 Å². The smallest absolute Gasteiger partial charge is 0.250 e. The van der Waals surface area contributed by atoms with Gasteiger partial charge in [0, 0.05) is 73.6 Å². The highest BCUT2D eigenvalue weighted by molar-refractivity contribution is 6.35. The van der Waals surface area contributed by atoms with Crippen molar-refractivity contribution in [3.05, 3.63) is 86.0 Å². The van der Waals surface area contributed by atoms with Gasteiger partial charge in [-0.2, -0.15) is 0 Å². The van der Waals surface area contributed by atoms with Gasteiger partial charge in [0.05, 0.1) is 21.3 Å². The summed E-state index contributed by atoms with van der Waals surface area (Å²) in [6, 6.07) is 9.88. The number of carbonyl (C=O) groups is 4. The number of aliphatic hydroxyl groups is 1. The Labute approximate surface area is 321 Å². The van der Waals surface area contributed by atoms with Crippen LogP contribution in [0.25, 0.3) is 0 Å². The maximum atomic E-state index is 14.4. The summed E-state index contributed by atoms with van der Waals surface area (Å²) in [6.45, 7) is 4.50. The summed E-state index contributed by atoms with van der Waals surface area (Å²) in [5.74, 6) is -4.85. The van der Waals surface area contributed by atoms with Crippen LogP contribution in [0.5, 0.6) is 28.7 Å². The molecular formula is C40H42ClN3O11. The fourth-order valence-electron chi connectivity index (χ4n) is 8.73. The summed E-state index contributed by atoms with van der Waals surface area (Å²) < 4.78 is 24.3. The molecule has 4 aliphatic rings. The molecule has 1 spiro atoms. The second kappa shape index (κ2) is 14.3. The van der Waals surface area contributed by atoms with Crippen LogP contribution in [-0.4, -0.2) is 89.1 Å². The quantitative estimate of drug-likeness (QED) is 0.282. The third kappa shape index (κ3) is 6.16. The minimum Gasteiger partial charge on any atom is -0.507 e. The van der Waals surface area contributed by atoms with Gasteiger partial charge in [-0.1, -0.05) is 30.7 Å². The Hall–Kier alpha value is -5.50. The summed E-state index contributed by atoms with van der Waals surface area (Å²) >= 11 is 6.62. The number of aliphatic hydroxyl groups excluding tert-OH is 1. The number of nitrogens with one attached hydrogen (secondary N) is 1. The van der Waals surface area contributed by atoms with Gasteiger partial charge in [-0.3, -0.25) is 24.0 Å². The van der Waals surface area contributed by atoms with Gasteiger partial charge >= 0.3 is 0 Å². The Balaban J connectivity index is 1.21. The fourth-order valence-corrected chi connectivity index (χ4v) is 9.00. The third-order valence-electron chi connectivity index (χ3n) is 11.4. The molecule has 3 aliphatic heterocycles. The van der Waals surface area contributed by atoms with Crippen molar-refractivity contribution >= 4 is 35.0 Å². The molecule has 2 bridgehead atoms. The molecule has 2 aromatic carbocycles. The first-order valence-corrected chi connectivity index (χ1v) is 18.4. The molecular weight excluding hydrogens is 734 g/mol. The van der Waals surface area contributed by atoms with Gasteiger partial charge in [-0.15, -0.1) is 0 Å². The highest BCUT2D eigenvalue weighted by atomic mass is 35.5. The molecule has 2 amide bonds. The number of amides is 2. The number of pyridine rings is 1. The molecule has 3 aromatic rings. The van der Waals surface area contributed by atoms with Crippen molar-refractivity contribution in [1.82, 2.24) is 14.8 Å². The maximum Gasteiger partial charge on any atom is 0.250 e. The second-order valence-electron chi connectivity index (χ2n) is 14.7. The number of halogens is 1. The number of ether oxygens (including phenoxy) is 4. The summed E-state index contributed by atoms with van der Waals surface area (Å²) in [5, 5.41) is 25.4. The van der Waals surface area contributed by atoms with Gasteiger partial charge in [0.15, 0.2) is 28.8 Å². The van der Waals surface area contributed by atoms with E-state index in [4.69, 9.17) is 30.5 Å². The Kier molecular flexibility index (Phi) is 9.82. The molecule has 15 heteroatoms. The number of phenolic OH excluding ortho intramolecular Hbond substituents is 1. The Morgan fingerprint density at radius 3 is 2.44 bits per heavy atom. The number of phenols is 1. The first kappa shape index (κ1) is 37.8. The minimum atomic E-state index is -2.11. The van der Waals surface area contributed by atoms with E-state index < -0.39 is 53.1 Å². The largest absolute Gasteiger partial charge is 0.507 e. The van der Waals surface area contributed by atoms with Gasteiger partial charge < -0.3 is 43.9 Å². The lowest BCUT2D eigenvalue weighted by atomic mass is 9.69. The molecule has 0 saturated carbocycles. The van der Waals surface area contributed by atoms with E-state index in [0.29, 0.717) is 25.2 Å². The molecule has 1 aromatic heterocycles. The van der Waals surface area contributed by atoms with E-state index in [1.54, 1.807) is 29.4 Å². The summed E-state index contributed by atoms with van der Waals surface area (Å²) in [7, 11) is 4.08. The number of likely N-dealkylation sites (tertiary alicyclic amines) is 1. The number of aromatic hydroxyl groups is 1. The number of fused-ring (bicyclic) bond motifs is 5. The molecule has 14 nitrogen and oxygen atoms in total. The zero-order valence-corrected chi connectivity index (χ0v) is 31.8. The van der Waals surface area contributed by atoms with E-state index in [-0.39, 0.29) is 74.6 Å². The lowest BCUT2D eigenvalue weighted by Gasteiger charge is -2.43. The molecule has 4 heterocycles. The van der Waals surface area contributed by atoms with Crippen molar-refractivity contribution < 1.29 is 48.3 Å². The van der Waals surface area contributed by atoms with E-state index in [9.17, 15) is 34.2 Å². The molecule has 290 valence electrons. The van der Waals surface area contributed by atoms with Crippen LogP contribution >= 0.6 is 11.6 Å². The average molecular weight is 776 g/mol. The molecule has 7 rings (SSSR count). The number of ketones is 2. The van der Waals surface area contributed by atoms with Crippen molar-refractivity contribution in [2.45, 2.75) is 63.1 Å². The first-order valence-electron chi connectivity index (χ1n) is 18.0. The molecule has 3 N–H and O–H groups in total. The normalized spacial score (nSPS) is 23.7. The summed E-state index contributed by atoms with van der Waals surface area (Å²) in [6.07, 6.45) is 0.162. The van der Waals surface area contributed by atoms with Crippen LogP contribution in [0.1, 0.15) is 66.6 Å². The van der Waals surface area contributed by atoms with Crippen LogP contribution in [0, 0.1) is 11.8 Å². The van der Waals surface area contributed by atoms with Gasteiger partial charge in [0.2, 0.25) is 23.2 Å². The molecule has 1 saturated heterocycles. The number of allylic oxidation sites excluding steroid dienone is 1. The lowest BCUT2D eigenvalue weighted by molar-refractivity contribution is -0.138. The van der Waals surface area contributed by atoms with Crippen molar-refractivity contribution in [3.63, 3.8) is 0 Å². The zero-order chi connectivity index (χ0) is 39.5. The molecule has 1 aliphatic carbocycles. The highest BCUT2D eigenvalue weighted by Crippen LogP contribution is 2.56. The summed E-state index contributed by atoms with van der Waals surface area (Å²) in [5.41, 5.74) is -1.27. The maximum absolute atomic E-state index is 14.4.